The van der Waals surface area contributed by atoms with Gasteiger partial charge in [0, 0.05) is 6.92 Å². The monoisotopic (exact) mass is 482 g/mol. The van der Waals surface area contributed by atoms with Crippen LogP contribution in [0.25, 0.3) is 0 Å². The smallest absolute Gasteiger partial charge is 0.339 e. The Balaban J connectivity index is -0.0000000731. The molecule has 5 nitrogen and oxygen atoms in total. The molecule has 0 bridgehead atoms. The maximum Gasteiger partial charge on any atom is 0.339 e. The molecule has 0 amide bonds. The largest absolute Gasteiger partial charge is 0.582 e. The zero-order valence-corrected chi connectivity index (χ0v) is 16.6. The number of hydrogen-bond acceptors (Lipinski definition) is 4. The average molecular weight is 486 g/mol. The Kier molecular flexibility index (Phi) is 25.4. The predicted octanol–water partition coefficient (Wildman–Crippen LogP) is 6.76. The van der Waals surface area contributed by atoms with Crippen LogP contribution < -0.4 is 0 Å². The molecule has 0 spiro atoms. The van der Waals surface area contributed by atoms with Crippen LogP contribution in [0.5, 0.6) is 0 Å². The highest BCUT2D eigenvalue weighted by molar-refractivity contribution is 8.31. The van der Waals surface area contributed by atoms with Crippen LogP contribution in [0.1, 0.15) is 6.92 Å². The fourth-order valence-electron chi connectivity index (χ4n) is 0. The Morgan fingerprint density at radius 2 is 1.00 bits per heavy atom. The molecular weight excluding hydrogens is 482 g/mol. The lowest BCUT2D eigenvalue weighted by molar-refractivity contribution is -0.134. The van der Waals surface area contributed by atoms with Crippen molar-refractivity contribution in [2.24, 2.45) is 0 Å². The third-order valence-electron chi connectivity index (χ3n) is 0. The fourth-order valence-corrected chi connectivity index (χ4v) is 0. The summed E-state index contributed by atoms with van der Waals surface area (Å²) in [7, 11) is 7.36. The second kappa shape index (κ2) is 15.9. The van der Waals surface area contributed by atoms with Crippen LogP contribution in [0.3, 0.4) is 0 Å². The number of carbonyl (C=O) groups is 1. The zero-order chi connectivity index (χ0) is 16.2. The molecule has 0 fully saturated rings. The molecule has 0 radical (unpaired) electrons. The normalized spacial score (nSPS) is 9.94. The second-order valence-electron chi connectivity index (χ2n) is 1.50. The van der Waals surface area contributed by atoms with Crippen LogP contribution >= 0.6 is 99.2 Å². The van der Waals surface area contributed by atoms with Crippen LogP contribution in [0.4, 0.5) is 0 Å². The van der Waals surface area contributed by atoms with Gasteiger partial charge in [-0.2, -0.15) is 0 Å². The van der Waals surface area contributed by atoms with E-state index in [-0.39, 0.29) is 0 Å². The summed E-state index contributed by atoms with van der Waals surface area (Å²) in [5, 5.41) is 0.972. The van der Waals surface area contributed by atoms with E-state index in [1.54, 1.807) is 0 Å². The Bertz CT molecular complexity index is 244. The van der Waals surface area contributed by atoms with Gasteiger partial charge in [-0.15, -0.1) is 0 Å². The molecule has 0 aromatic heterocycles. The third-order valence-corrected chi connectivity index (χ3v) is 0. The van der Waals surface area contributed by atoms with Crippen molar-refractivity contribution in [2.75, 3.05) is 0 Å². The van der Waals surface area contributed by atoms with E-state index in [0.717, 1.165) is 6.92 Å². The van der Waals surface area contributed by atoms with Gasteiger partial charge in [0.15, 0.2) is 31.0 Å². The Labute approximate surface area is 144 Å². The van der Waals surface area contributed by atoms with E-state index in [0.29, 0.717) is 0 Å². The highest BCUT2D eigenvalue weighted by Crippen LogP contribution is 2.61. The maximum atomic E-state index is 9.51. The van der Waals surface area contributed by atoms with Crippen LogP contribution in [0, 0.1) is 0 Å². The highest BCUT2D eigenvalue weighted by Gasteiger charge is 2.03. The molecule has 16 heteroatoms. The van der Waals surface area contributed by atoms with Gasteiger partial charge in [0.2, 0.25) is 0 Å². The van der Waals surface area contributed by atoms with Gasteiger partial charge in [-0.25, -0.2) is 0 Å². The fraction of sp³-hybridized carbons (Fsp3) is 0.500. The van der Waals surface area contributed by atoms with Gasteiger partial charge < -0.3 is 9.66 Å². The van der Waals surface area contributed by atoms with Gasteiger partial charge in [-0.1, -0.05) is 0 Å². The first-order valence-corrected chi connectivity index (χ1v) is 14.4. The molecule has 18 heavy (non-hydrogen) atoms. The van der Waals surface area contributed by atoms with E-state index in [1.165, 1.54) is 0 Å². The minimum Gasteiger partial charge on any atom is -0.582 e. The molecule has 0 heterocycles. The first kappa shape index (κ1) is 28.7. The lowest BCUT2D eigenvalue weighted by atomic mass is 10.9. The summed E-state index contributed by atoms with van der Waals surface area (Å²) >= 11 is 27.7. The first-order valence-electron chi connectivity index (χ1n) is 2.78. The molecule has 114 valence electrons. The zero-order valence-electron chi connectivity index (χ0n) is 7.91. The molecule has 0 aromatic carbocycles. The van der Waals surface area contributed by atoms with Crippen molar-refractivity contribution in [2.45, 2.75) is 6.92 Å². The van der Waals surface area contributed by atoms with Crippen molar-refractivity contribution < 1.29 is 23.6 Å². The number of halogens is 8. The van der Waals surface area contributed by atoms with Gasteiger partial charge in [0.25, 0.3) is 5.97 Å². The minimum absolute atomic E-state index is 0.833. The number of hydrogen-bond donors (Lipinski definition) is 1. The molecule has 0 aliphatic heterocycles. The topological polar surface area (TPSA) is 94.5 Å². The van der Waals surface area contributed by atoms with Crippen LogP contribution in [-0.4, -0.2) is 15.6 Å². The number of carboxylic acids is 1. The van der Waals surface area contributed by atoms with Crippen molar-refractivity contribution in [1.29, 1.82) is 0 Å². The van der Waals surface area contributed by atoms with Gasteiger partial charge in [0.05, 0.1) is 0 Å². The molecule has 0 rings (SSSR count). The maximum absolute atomic E-state index is 9.51. The summed E-state index contributed by atoms with van der Waals surface area (Å²) in [6, 6.07) is 0. The number of carboxylic acid groups (broad SMARTS) is 1. The van der Waals surface area contributed by atoms with E-state index in [1.807, 2.05) is 0 Å². The van der Waals surface area contributed by atoms with Crippen molar-refractivity contribution >= 4 is 115 Å². The highest BCUT2D eigenvalue weighted by atomic mass is 36.1. The molecule has 0 atom stereocenters. The summed E-state index contributed by atoms with van der Waals surface area (Å²) in [5.74, 6) is -0.833. The van der Waals surface area contributed by atoms with Crippen LogP contribution in [-0.2, 0) is 23.5 Å². The minimum atomic E-state index is -3.22. The van der Waals surface area contributed by atoms with Gasteiger partial charge >= 0.3 is 10.4 Å². The SMILES string of the molecule is CC(=O)O.O=P(Cl)(Cl)Cl.O=P(Cl)(Cl)Cl.[O-][S+](Cl)Cl. The average Bonchev–Trinajstić information content (AvgIpc) is 1.70. The Hall–Kier alpha value is 2.56. The van der Waals surface area contributed by atoms with Gasteiger partial charge in [-0.3, -0.25) is 13.9 Å². The summed E-state index contributed by atoms with van der Waals surface area (Å²) in [6.45, 7) is 1.08. The Morgan fingerprint density at radius 1 is 1.00 bits per heavy atom. The lowest BCUT2D eigenvalue weighted by Crippen LogP contribution is -1.78. The first-order chi connectivity index (χ1) is 7.46. The van der Waals surface area contributed by atoms with Crippen molar-refractivity contribution in [3.8, 4) is 0 Å². The summed E-state index contributed by atoms with van der Waals surface area (Å²) < 4.78 is 28.1. The summed E-state index contributed by atoms with van der Waals surface area (Å²) in [5.41, 5.74) is 0. The molecule has 0 aromatic rings. The van der Waals surface area contributed by atoms with Crippen molar-refractivity contribution in [3.63, 3.8) is 0 Å². The number of rotatable bonds is 0. The van der Waals surface area contributed by atoms with E-state index < -0.39 is 26.0 Å². The standard InChI is InChI=1S/C2H4O2.2Cl3OP.Cl2OS/c1-2(3)4;2*1-5(2,3)4;1-4(2)3/h1H3,(H,3,4);;;. The molecule has 1 N–H and O–H groups in total. The van der Waals surface area contributed by atoms with E-state index in [2.05, 4.69) is 88.8 Å². The van der Waals surface area contributed by atoms with Gasteiger partial charge in [0.1, 0.15) is 0 Å². The van der Waals surface area contributed by atoms with Crippen molar-refractivity contribution in [1.82, 2.24) is 0 Å². The molecule has 0 saturated carbocycles. The van der Waals surface area contributed by atoms with Crippen molar-refractivity contribution in [3.05, 3.63) is 0 Å². The molecular formula is C2H4Cl8O5P2S. The predicted molar refractivity (Wildman–Crippen MR) is 83.5 cm³/mol. The van der Waals surface area contributed by atoms with Crippen LogP contribution in [0.15, 0.2) is 0 Å². The van der Waals surface area contributed by atoms with Gasteiger partial charge in [-0.05, 0) is 67.4 Å². The van der Waals surface area contributed by atoms with E-state index in [4.69, 9.17) is 14.5 Å². The third kappa shape index (κ3) is 873. The summed E-state index contributed by atoms with van der Waals surface area (Å²) in [4.78, 5) is 9.00. The molecule has 0 aliphatic rings. The summed E-state index contributed by atoms with van der Waals surface area (Å²) in [6.07, 6.45) is 0. The molecule has 0 unspecified atom stereocenters. The second-order valence-corrected chi connectivity index (χ2v) is 17.3. The van der Waals surface area contributed by atoms with E-state index >= 15 is 0 Å². The Morgan fingerprint density at radius 3 is 1.00 bits per heavy atom. The molecule has 0 aliphatic carbocycles. The quantitative estimate of drug-likeness (QED) is 0.302. The number of aliphatic carboxylic acids is 1. The lowest BCUT2D eigenvalue weighted by Gasteiger charge is -1.74. The molecule has 0 saturated heterocycles. The van der Waals surface area contributed by atoms with Crippen LogP contribution in [0.2, 0.25) is 0 Å². The van der Waals surface area contributed by atoms with E-state index in [9.17, 15) is 9.13 Å².